The third kappa shape index (κ3) is 8.10. The van der Waals surface area contributed by atoms with Gasteiger partial charge in [0.05, 0.1) is 6.04 Å². The molecule has 0 saturated carbocycles. The molecule has 5 atom stereocenters. The Balaban J connectivity index is 1.40. The molecule has 2 aromatic heterocycles. The molecule has 3 aromatic carbocycles. The van der Waals surface area contributed by atoms with Gasteiger partial charge in [0, 0.05) is 47.0 Å². The van der Waals surface area contributed by atoms with E-state index in [1.807, 2.05) is 92.0 Å². The second kappa shape index (κ2) is 15.4. The number of nitrogens with two attached hydrogens (primary N) is 1. The first-order valence-electron chi connectivity index (χ1n) is 16.2. The van der Waals surface area contributed by atoms with Crippen LogP contribution in [0.25, 0.3) is 21.8 Å². The number of benzene rings is 3. The molecule has 5 unspecified atom stereocenters. The summed E-state index contributed by atoms with van der Waals surface area (Å²) in [5, 5.41) is 20.0. The van der Waals surface area contributed by atoms with Crippen molar-refractivity contribution in [3.05, 3.63) is 108 Å². The maximum absolute atomic E-state index is 14.1. The first-order chi connectivity index (χ1) is 23.1. The minimum Gasteiger partial charge on any atom is -0.480 e. The average Bonchev–Trinajstić information content (AvgIpc) is 3.70. The molecule has 5 aromatic rings. The van der Waals surface area contributed by atoms with Gasteiger partial charge in [0.25, 0.3) is 0 Å². The normalized spacial score (nSPS) is 14.5. The van der Waals surface area contributed by atoms with Crippen LogP contribution in [0.1, 0.15) is 37.0 Å². The molecule has 0 spiro atoms. The van der Waals surface area contributed by atoms with Gasteiger partial charge in [-0.15, -0.1) is 0 Å². The maximum atomic E-state index is 14.1. The molecule has 0 aliphatic rings. The molecular formula is C37H42N6O5. The van der Waals surface area contributed by atoms with Crippen LogP contribution in [0.3, 0.4) is 0 Å². The molecule has 8 N–H and O–H groups in total. The summed E-state index contributed by atoms with van der Waals surface area (Å²) in [6, 6.07) is 20.2. The minimum atomic E-state index is -1.16. The van der Waals surface area contributed by atoms with Crippen LogP contribution < -0.4 is 21.7 Å². The highest BCUT2D eigenvalue weighted by atomic mass is 16.4. The molecule has 0 aliphatic heterocycles. The number of fused-ring (bicyclic) bond motifs is 2. The van der Waals surface area contributed by atoms with Gasteiger partial charge in [-0.1, -0.05) is 87.0 Å². The van der Waals surface area contributed by atoms with Crippen LogP contribution in [-0.4, -0.2) is 62.9 Å². The number of aromatic amines is 2. The second-order valence-electron chi connectivity index (χ2n) is 12.3. The molecule has 0 radical (unpaired) electrons. The van der Waals surface area contributed by atoms with Crippen LogP contribution in [0.2, 0.25) is 0 Å². The molecule has 0 saturated heterocycles. The highest BCUT2D eigenvalue weighted by molar-refractivity contribution is 5.95. The van der Waals surface area contributed by atoms with Gasteiger partial charge >= 0.3 is 5.97 Å². The number of hydrogen-bond donors (Lipinski definition) is 7. The van der Waals surface area contributed by atoms with Gasteiger partial charge in [-0.25, -0.2) is 4.79 Å². The summed E-state index contributed by atoms with van der Waals surface area (Å²) >= 11 is 0. The van der Waals surface area contributed by atoms with E-state index in [0.717, 1.165) is 38.5 Å². The van der Waals surface area contributed by atoms with Crippen molar-refractivity contribution in [2.45, 2.75) is 63.7 Å². The van der Waals surface area contributed by atoms with Crippen LogP contribution in [0, 0.1) is 5.92 Å². The number of rotatable bonds is 15. The zero-order valence-electron chi connectivity index (χ0n) is 27.0. The molecule has 48 heavy (non-hydrogen) atoms. The Labute approximate surface area is 278 Å². The van der Waals surface area contributed by atoms with Gasteiger partial charge < -0.3 is 36.8 Å². The molecule has 2 heterocycles. The van der Waals surface area contributed by atoms with E-state index in [1.165, 1.54) is 0 Å². The molecule has 3 amide bonds. The van der Waals surface area contributed by atoms with Gasteiger partial charge in [0.1, 0.15) is 18.1 Å². The summed E-state index contributed by atoms with van der Waals surface area (Å²) in [5.74, 6) is -3.25. The van der Waals surface area contributed by atoms with Gasteiger partial charge in [-0.05, 0) is 41.2 Å². The molecular weight excluding hydrogens is 608 g/mol. The van der Waals surface area contributed by atoms with Crippen molar-refractivity contribution in [2.24, 2.45) is 11.7 Å². The number of aromatic nitrogens is 2. The Hall–Kier alpha value is -5.42. The molecule has 250 valence electrons. The second-order valence-corrected chi connectivity index (χ2v) is 12.3. The largest absolute Gasteiger partial charge is 0.480 e. The number of carbonyl (C=O) groups is 4. The molecule has 5 rings (SSSR count). The van der Waals surface area contributed by atoms with E-state index in [9.17, 15) is 24.3 Å². The smallest absolute Gasteiger partial charge is 0.326 e. The Morgan fingerprint density at radius 2 is 1.19 bits per heavy atom. The average molecular weight is 651 g/mol. The van der Waals surface area contributed by atoms with Crippen LogP contribution >= 0.6 is 0 Å². The Bertz CT molecular complexity index is 1880. The number of carbonyl (C=O) groups excluding carboxylic acids is 3. The van der Waals surface area contributed by atoms with Crippen molar-refractivity contribution in [1.29, 1.82) is 0 Å². The highest BCUT2D eigenvalue weighted by Gasteiger charge is 2.32. The summed E-state index contributed by atoms with van der Waals surface area (Å²) < 4.78 is 0. The molecule has 0 fully saturated rings. The van der Waals surface area contributed by atoms with Crippen molar-refractivity contribution in [2.75, 3.05) is 0 Å². The number of para-hydroxylation sites is 2. The molecule has 11 heteroatoms. The van der Waals surface area contributed by atoms with Gasteiger partial charge in [0.15, 0.2) is 0 Å². The third-order valence-corrected chi connectivity index (χ3v) is 8.88. The van der Waals surface area contributed by atoms with Gasteiger partial charge in [-0.2, -0.15) is 0 Å². The van der Waals surface area contributed by atoms with E-state index in [-0.39, 0.29) is 25.2 Å². The standard InChI is InChI=1S/C37H42N6O5/c1-3-22(2)33(37(47)48)43-36(46)31(17-23-11-5-4-6-12-23)42-35(45)32(19-25-21-40-30-16-10-8-14-27(25)30)41-34(44)28(38)18-24-20-39-29-15-9-7-13-26(24)29/h4-16,20-22,28,31-33,39-40H,3,17-19,38H2,1-2H3,(H,41,44)(H,42,45)(H,43,46)(H,47,48). The Morgan fingerprint density at radius 3 is 1.77 bits per heavy atom. The van der Waals surface area contributed by atoms with Crippen LogP contribution in [0.4, 0.5) is 0 Å². The molecule has 11 nitrogen and oxygen atoms in total. The lowest BCUT2D eigenvalue weighted by Crippen LogP contribution is -2.58. The predicted octanol–water partition coefficient (Wildman–Crippen LogP) is 3.59. The number of aliphatic carboxylic acids is 1. The number of hydrogen-bond acceptors (Lipinski definition) is 5. The summed E-state index contributed by atoms with van der Waals surface area (Å²) in [6.45, 7) is 3.59. The van der Waals surface area contributed by atoms with E-state index in [2.05, 4.69) is 25.9 Å². The number of amides is 3. The number of carboxylic acid groups (broad SMARTS) is 1. The van der Waals surface area contributed by atoms with Crippen molar-refractivity contribution < 1.29 is 24.3 Å². The quantitative estimate of drug-likeness (QED) is 0.0909. The SMILES string of the molecule is CCC(C)C(NC(=O)C(Cc1ccccc1)NC(=O)C(Cc1c[nH]c2ccccc12)NC(=O)C(N)Cc1c[nH]c2ccccc12)C(=O)O. The highest BCUT2D eigenvalue weighted by Crippen LogP contribution is 2.21. The minimum absolute atomic E-state index is 0.110. The predicted molar refractivity (Wildman–Crippen MR) is 185 cm³/mol. The monoisotopic (exact) mass is 650 g/mol. The number of H-pyrrole nitrogens is 2. The fourth-order valence-electron chi connectivity index (χ4n) is 5.91. The van der Waals surface area contributed by atoms with Crippen LogP contribution in [0.15, 0.2) is 91.3 Å². The summed E-state index contributed by atoms with van der Waals surface area (Å²) in [4.78, 5) is 59.7. The number of carboxylic acids is 1. The van der Waals surface area contributed by atoms with E-state index in [1.54, 1.807) is 13.1 Å². The zero-order valence-corrected chi connectivity index (χ0v) is 27.0. The fourth-order valence-corrected chi connectivity index (χ4v) is 5.91. The summed E-state index contributed by atoms with van der Waals surface area (Å²) in [5.41, 5.74) is 10.6. The van der Waals surface area contributed by atoms with Crippen molar-refractivity contribution >= 4 is 45.5 Å². The first-order valence-corrected chi connectivity index (χ1v) is 16.2. The van der Waals surface area contributed by atoms with E-state index >= 15 is 0 Å². The lowest BCUT2D eigenvalue weighted by molar-refractivity contribution is -0.143. The first kappa shape index (κ1) is 33.9. The maximum Gasteiger partial charge on any atom is 0.326 e. The van der Waals surface area contributed by atoms with E-state index < -0.39 is 47.9 Å². The van der Waals surface area contributed by atoms with Crippen LogP contribution in [-0.2, 0) is 38.4 Å². The Morgan fingerprint density at radius 1 is 0.688 bits per heavy atom. The lowest BCUT2D eigenvalue weighted by atomic mass is 9.97. The van der Waals surface area contributed by atoms with Crippen molar-refractivity contribution in [3.63, 3.8) is 0 Å². The van der Waals surface area contributed by atoms with Crippen molar-refractivity contribution in [1.82, 2.24) is 25.9 Å². The summed E-state index contributed by atoms with van der Waals surface area (Å²) in [7, 11) is 0. The Kier molecular flexibility index (Phi) is 10.9. The van der Waals surface area contributed by atoms with Gasteiger partial charge in [0.2, 0.25) is 17.7 Å². The van der Waals surface area contributed by atoms with Crippen LogP contribution in [0.5, 0.6) is 0 Å². The van der Waals surface area contributed by atoms with E-state index in [4.69, 9.17) is 5.73 Å². The van der Waals surface area contributed by atoms with Crippen molar-refractivity contribution in [3.8, 4) is 0 Å². The molecule has 0 aliphatic carbocycles. The third-order valence-electron chi connectivity index (χ3n) is 8.88. The number of nitrogens with one attached hydrogen (secondary N) is 5. The lowest BCUT2D eigenvalue weighted by Gasteiger charge is -2.27. The zero-order chi connectivity index (χ0) is 34.2. The molecule has 0 bridgehead atoms. The topological polar surface area (TPSA) is 182 Å². The fraction of sp³-hybridized carbons (Fsp3) is 0.297. The van der Waals surface area contributed by atoms with Gasteiger partial charge in [-0.3, -0.25) is 14.4 Å². The summed E-state index contributed by atoms with van der Waals surface area (Å²) in [6.07, 6.45) is 4.61. The van der Waals surface area contributed by atoms with E-state index in [0.29, 0.717) is 6.42 Å².